The number of sulfonamides is 1. The second-order valence-corrected chi connectivity index (χ2v) is 8.17. The lowest BCUT2D eigenvalue weighted by molar-refractivity contribution is 0.102. The van der Waals surface area contributed by atoms with E-state index in [1.807, 2.05) is 6.92 Å². The van der Waals surface area contributed by atoms with Crippen LogP contribution in [0.4, 0.5) is 5.82 Å². The molecule has 1 fully saturated rings. The molecule has 2 N–H and O–H groups in total. The Hall–Kier alpha value is -2.19. The van der Waals surface area contributed by atoms with Crippen molar-refractivity contribution in [2.75, 3.05) is 18.4 Å². The zero-order chi connectivity index (χ0) is 17.9. The Balaban J connectivity index is 1.81. The van der Waals surface area contributed by atoms with Crippen LogP contribution in [0.25, 0.3) is 0 Å². The van der Waals surface area contributed by atoms with E-state index in [0.29, 0.717) is 18.9 Å². The first-order chi connectivity index (χ1) is 12.0. The number of carbonyl (C=O) groups excluding carboxylic acids is 1. The molecule has 134 valence electrons. The third-order valence-electron chi connectivity index (χ3n) is 4.25. The minimum absolute atomic E-state index is 0.153. The second-order valence-electron chi connectivity index (χ2n) is 6.24. The maximum Gasteiger partial charge on any atom is 0.256 e. The smallest absolute Gasteiger partial charge is 0.256 e. The highest BCUT2D eigenvalue weighted by molar-refractivity contribution is 7.89. The lowest BCUT2D eigenvalue weighted by atomic mass is 10.2. The van der Waals surface area contributed by atoms with Gasteiger partial charge in [0.05, 0.1) is 4.90 Å². The van der Waals surface area contributed by atoms with Crippen molar-refractivity contribution >= 4 is 21.7 Å². The van der Waals surface area contributed by atoms with Crippen LogP contribution in [0.3, 0.4) is 0 Å². The zero-order valence-corrected chi connectivity index (χ0v) is 15.0. The number of H-pyrrole nitrogens is 1. The SMILES string of the molecule is Cc1cc(NC(=O)c2cccc(S(=O)(=O)N3CCCCCC3)c2)n[nH]1. The summed E-state index contributed by atoms with van der Waals surface area (Å²) in [6, 6.07) is 7.85. The standard InChI is InChI=1S/C17H22N4O3S/c1-13-11-16(20-19-13)18-17(22)14-7-6-8-15(12-14)25(23,24)21-9-4-2-3-5-10-21/h6-8,11-12H,2-5,9-10H2,1H3,(H2,18,19,20,22). The van der Waals surface area contributed by atoms with Gasteiger partial charge in [-0.05, 0) is 38.0 Å². The van der Waals surface area contributed by atoms with Crippen LogP contribution in [0, 0.1) is 6.92 Å². The number of hydrogen-bond acceptors (Lipinski definition) is 4. The Morgan fingerprint density at radius 3 is 2.52 bits per heavy atom. The largest absolute Gasteiger partial charge is 0.305 e. The van der Waals surface area contributed by atoms with Crippen molar-refractivity contribution in [1.82, 2.24) is 14.5 Å². The molecule has 0 unspecified atom stereocenters. The molecule has 1 aromatic heterocycles. The molecule has 8 heteroatoms. The van der Waals surface area contributed by atoms with Crippen LogP contribution < -0.4 is 5.32 Å². The first-order valence-electron chi connectivity index (χ1n) is 8.40. The number of nitrogens with one attached hydrogen (secondary N) is 2. The van der Waals surface area contributed by atoms with Crippen molar-refractivity contribution in [3.63, 3.8) is 0 Å². The molecule has 1 saturated heterocycles. The normalized spacial score (nSPS) is 16.4. The molecular formula is C17H22N4O3S. The molecule has 0 bridgehead atoms. The van der Waals surface area contributed by atoms with Gasteiger partial charge >= 0.3 is 0 Å². The van der Waals surface area contributed by atoms with E-state index < -0.39 is 10.0 Å². The molecule has 0 atom stereocenters. The number of aromatic nitrogens is 2. The van der Waals surface area contributed by atoms with Gasteiger partial charge in [0.1, 0.15) is 0 Å². The molecular weight excluding hydrogens is 340 g/mol. The van der Waals surface area contributed by atoms with Crippen LogP contribution in [0.1, 0.15) is 41.7 Å². The molecule has 2 aromatic rings. The van der Waals surface area contributed by atoms with Gasteiger partial charge in [-0.1, -0.05) is 18.9 Å². The molecule has 0 saturated carbocycles. The van der Waals surface area contributed by atoms with Crippen LogP contribution in [0.15, 0.2) is 35.2 Å². The summed E-state index contributed by atoms with van der Waals surface area (Å²) in [5.41, 5.74) is 1.12. The maximum absolute atomic E-state index is 12.9. The minimum Gasteiger partial charge on any atom is -0.305 e. The molecule has 1 aromatic carbocycles. The second kappa shape index (κ2) is 7.37. The van der Waals surface area contributed by atoms with Crippen molar-refractivity contribution < 1.29 is 13.2 Å². The van der Waals surface area contributed by atoms with Gasteiger partial charge in [-0.3, -0.25) is 9.89 Å². The van der Waals surface area contributed by atoms with E-state index in [2.05, 4.69) is 15.5 Å². The van der Waals surface area contributed by atoms with Crippen LogP contribution >= 0.6 is 0 Å². The summed E-state index contributed by atoms with van der Waals surface area (Å²) in [6.45, 7) is 2.90. The number of rotatable bonds is 4. The Morgan fingerprint density at radius 1 is 1.16 bits per heavy atom. The van der Waals surface area contributed by atoms with Gasteiger partial charge in [0.25, 0.3) is 5.91 Å². The summed E-state index contributed by atoms with van der Waals surface area (Å²) in [4.78, 5) is 12.5. The Bertz CT molecular complexity index is 852. The first-order valence-corrected chi connectivity index (χ1v) is 9.84. The van der Waals surface area contributed by atoms with Crippen LogP contribution in [0.5, 0.6) is 0 Å². The third kappa shape index (κ3) is 4.08. The van der Waals surface area contributed by atoms with E-state index in [4.69, 9.17) is 0 Å². The quantitative estimate of drug-likeness (QED) is 0.874. The van der Waals surface area contributed by atoms with E-state index >= 15 is 0 Å². The number of aromatic amines is 1. The number of anilines is 1. The van der Waals surface area contributed by atoms with E-state index in [1.54, 1.807) is 18.2 Å². The Kier molecular flexibility index (Phi) is 5.19. The van der Waals surface area contributed by atoms with Gasteiger partial charge in [-0.25, -0.2) is 8.42 Å². The van der Waals surface area contributed by atoms with Crippen LogP contribution in [-0.4, -0.2) is 41.9 Å². The molecule has 1 amide bonds. The van der Waals surface area contributed by atoms with Crippen molar-refractivity contribution in [3.05, 3.63) is 41.6 Å². The molecule has 1 aliphatic heterocycles. The summed E-state index contributed by atoms with van der Waals surface area (Å²) >= 11 is 0. The molecule has 1 aliphatic rings. The van der Waals surface area contributed by atoms with Gasteiger partial charge < -0.3 is 5.32 Å². The average Bonchev–Trinajstić information content (AvgIpc) is 2.85. The predicted octanol–water partition coefficient (Wildman–Crippen LogP) is 2.54. The number of aryl methyl sites for hydroxylation is 1. The molecule has 7 nitrogen and oxygen atoms in total. The van der Waals surface area contributed by atoms with E-state index in [-0.39, 0.29) is 16.4 Å². The topological polar surface area (TPSA) is 95.2 Å². The van der Waals surface area contributed by atoms with Crippen LogP contribution in [-0.2, 0) is 10.0 Å². The molecule has 3 rings (SSSR count). The summed E-state index contributed by atoms with van der Waals surface area (Å²) in [7, 11) is -3.58. The highest BCUT2D eigenvalue weighted by Crippen LogP contribution is 2.21. The summed E-state index contributed by atoms with van der Waals surface area (Å²) in [5.74, 6) is 0.0164. The van der Waals surface area contributed by atoms with Crippen LogP contribution in [0.2, 0.25) is 0 Å². The van der Waals surface area contributed by atoms with Gasteiger partial charge in [0, 0.05) is 30.4 Å². The fourth-order valence-corrected chi connectivity index (χ4v) is 4.46. The monoisotopic (exact) mass is 362 g/mol. The van der Waals surface area contributed by atoms with E-state index in [1.165, 1.54) is 16.4 Å². The fourth-order valence-electron chi connectivity index (χ4n) is 2.90. The van der Waals surface area contributed by atoms with Crippen molar-refractivity contribution in [2.45, 2.75) is 37.5 Å². The van der Waals surface area contributed by atoms with Crippen molar-refractivity contribution in [3.8, 4) is 0 Å². The average molecular weight is 362 g/mol. The third-order valence-corrected chi connectivity index (χ3v) is 6.14. The first kappa shape index (κ1) is 17.6. The number of carbonyl (C=O) groups is 1. The summed E-state index contributed by atoms with van der Waals surface area (Å²) in [6.07, 6.45) is 3.85. The van der Waals surface area contributed by atoms with E-state index in [0.717, 1.165) is 31.4 Å². The fraction of sp³-hybridized carbons (Fsp3) is 0.412. The molecule has 0 radical (unpaired) electrons. The van der Waals surface area contributed by atoms with Gasteiger partial charge in [-0.2, -0.15) is 9.40 Å². The maximum atomic E-state index is 12.9. The zero-order valence-electron chi connectivity index (χ0n) is 14.2. The summed E-state index contributed by atoms with van der Waals surface area (Å²) < 4.78 is 27.2. The summed E-state index contributed by atoms with van der Waals surface area (Å²) in [5, 5.41) is 9.35. The van der Waals surface area contributed by atoms with E-state index in [9.17, 15) is 13.2 Å². The number of benzene rings is 1. The molecule has 2 heterocycles. The van der Waals surface area contributed by atoms with Crippen molar-refractivity contribution in [1.29, 1.82) is 0 Å². The van der Waals surface area contributed by atoms with Crippen molar-refractivity contribution in [2.24, 2.45) is 0 Å². The molecule has 0 aliphatic carbocycles. The molecule has 0 spiro atoms. The lowest BCUT2D eigenvalue weighted by Crippen LogP contribution is -2.32. The van der Waals surface area contributed by atoms with Gasteiger partial charge in [0.15, 0.2) is 5.82 Å². The Morgan fingerprint density at radius 2 is 1.88 bits per heavy atom. The lowest BCUT2D eigenvalue weighted by Gasteiger charge is -2.20. The Labute approximate surface area is 147 Å². The number of nitrogens with zero attached hydrogens (tertiary/aromatic N) is 2. The number of amides is 1. The predicted molar refractivity (Wildman–Crippen MR) is 94.9 cm³/mol. The molecule has 25 heavy (non-hydrogen) atoms. The highest BCUT2D eigenvalue weighted by Gasteiger charge is 2.25. The van der Waals surface area contributed by atoms with Gasteiger partial charge in [-0.15, -0.1) is 0 Å². The highest BCUT2D eigenvalue weighted by atomic mass is 32.2. The number of hydrogen-bond donors (Lipinski definition) is 2. The minimum atomic E-state index is -3.58. The van der Waals surface area contributed by atoms with Gasteiger partial charge in [0.2, 0.25) is 10.0 Å².